The van der Waals surface area contributed by atoms with E-state index < -0.39 is 0 Å². The van der Waals surface area contributed by atoms with Crippen LogP contribution in [0.15, 0.2) is 34.1 Å². The van der Waals surface area contributed by atoms with E-state index in [2.05, 4.69) is 23.7 Å². The van der Waals surface area contributed by atoms with Crippen LogP contribution < -0.4 is 5.69 Å². The largest absolute Gasteiger partial charge is 0.348 e. The van der Waals surface area contributed by atoms with E-state index in [0.29, 0.717) is 12.3 Å². The van der Waals surface area contributed by atoms with Gasteiger partial charge in [-0.25, -0.2) is 4.79 Å². The maximum atomic E-state index is 12.8. The number of non-ortho nitro benzene ring substituents is 1. The molecule has 1 aliphatic rings. The van der Waals surface area contributed by atoms with Gasteiger partial charge in [-0.2, -0.15) is 4.98 Å². The molecule has 2 aromatic rings. The summed E-state index contributed by atoms with van der Waals surface area (Å²) in [4.78, 5) is 30.1. The van der Waals surface area contributed by atoms with Crippen molar-refractivity contribution < 1.29 is 4.92 Å². The molecule has 0 spiro atoms. The van der Waals surface area contributed by atoms with Gasteiger partial charge in [0.05, 0.1) is 4.92 Å². The minimum absolute atomic E-state index is 0.0879. The molecular weight excluding hydrogens is 388 g/mol. The fourth-order valence-corrected chi connectivity index (χ4v) is 4.81. The number of hydrogen-bond donors (Lipinski definition) is 0. The third-order valence-corrected chi connectivity index (χ3v) is 6.57. The predicted octanol–water partition coefficient (Wildman–Crippen LogP) is 3.66. The first-order chi connectivity index (χ1) is 14.0. The van der Waals surface area contributed by atoms with Crippen molar-refractivity contribution in [1.29, 1.82) is 0 Å². The molecule has 0 saturated carbocycles. The van der Waals surface area contributed by atoms with E-state index in [4.69, 9.17) is 0 Å². The van der Waals surface area contributed by atoms with E-state index in [0.717, 1.165) is 61.6 Å². The second-order valence-electron chi connectivity index (χ2n) is 7.23. The fourth-order valence-electron chi connectivity index (χ4n) is 3.79. The zero-order valence-corrected chi connectivity index (χ0v) is 17.9. The van der Waals surface area contributed by atoms with Gasteiger partial charge in [0, 0.05) is 42.2 Å². The van der Waals surface area contributed by atoms with Gasteiger partial charge in [-0.05, 0) is 44.3 Å². The van der Waals surface area contributed by atoms with Crippen LogP contribution in [0.1, 0.15) is 43.5 Å². The Bertz CT molecular complexity index is 925. The summed E-state index contributed by atoms with van der Waals surface area (Å²) >= 11 is 1.51. The lowest BCUT2D eigenvalue weighted by Crippen LogP contribution is -2.35. The van der Waals surface area contributed by atoms with E-state index in [1.54, 1.807) is 12.1 Å². The van der Waals surface area contributed by atoms with Gasteiger partial charge < -0.3 is 4.90 Å². The van der Waals surface area contributed by atoms with Crippen molar-refractivity contribution in [2.24, 2.45) is 0 Å². The maximum absolute atomic E-state index is 12.8. The molecule has 29 heavy (non-hydrogen) atoms. The summed E-state index contributed by atoms with van der Waals surface area (Å²) in [6, 6.07) is 6.65. The van der Waals surface area contributed by atoms with E-state index in [1.807, 2.05) is 10.6 Å². The van der Waals surface area contributed by atoms with Crippen LogP contribution >= 0.6 is 11.8 Å². The minimum Gasteiger partial charge on any atom is -0.302 e. The van der Waals surface area contributed by atoms with Gasteiger partial charge in [0.15, 0.2) is 0 Å². The highest BCUT2D eigenvalue weighted by molar-refractivity contribution is 7.98. The van der Waals surface area contributed by atoms with Gasteiger partial charge in [0.1, 0.15) is 5.03 Å². The van der Waals surface area contributed by atoms with Crippen molar-refractivity contribution in [3.05, 3.63) is 61.7 Å². The normalized spacial score (nSPS) is 13.5. The number of nitrogens with zero attached hydrogens (tertiary/aromatic N) is 4. The van der Waals surface area contributed by atoms with Crippen molar-refractivity contribution in [1.82, 2.24) is 14.5 Å². The van der Waals surface area contributed by atoms with Crippen molar-refractivity contribution >= 4 is 17.4 Å². The number of nitro benzene ring substituents is 1. The quantitative estimate of drug-likeness (QED) is 0.269. The summed E-state index contributed by atoms with van der Waals surface area (Å²) < 4.78 is 1.87. The van der Waals surface area contributed by atoms with E-state index in [1.165, 1.54) is 23.4 Å². The Kier molecular flexibility index (Phi) is 7.44. The van der Waals surface area contributed by atoms with Gasteiger partial charge in [0.2, 0.25) is 0 Å². The lowest BCUT2D eigenvalue weighted by Gasteiger charge is -2.24. The molecule has 0 aliphatic heterocycles. The smallest absolute Gasteiger partial charge is 0.302 e. The Morgan fingerprint density at radius 1 is 1.24 bits per heavy atom. The molecular formula is C21H28N4O3S. The highest BCUT2D eigenvalue weighted by atomic mass is 32.2. The summed E-state index contributed by atoms with van der Waals surface area (Å²) in [6.45, 7) is 7.73. The number of fused-ring (bicyclic) bond motifs is 1. The summed E-state index contributed by atoms with van der Waals surface area (Å²) in [5.41, 5.74) is 3.08. The van der Waals surface area contributed by atoms with Crippen molar-refractivity contribution in [2.45, 2.75) is 56.9 Å². The second kappa shape index (κ2) is 10.0. The van der Waals surface area contributed by atoms with Crippen LogP contribution in [-0.4, -0.2) is 39.0 Å². The molecule has 0 fully saturated rings. The Labute approximate surface area is 175 Å². The molecule has 7 nitrogen and oxygen atoms in total. The number of rotatable bonds is 9. The maximum Gasteiger partial charge on any atom is 0.348 e. The Hall–Kier alpha value is -2.19. The second-order valence-corrected chi connectivity index (χ2v) is 8.19. The first kappa shape index (κ1) is 21.5. The molecule has 1 aromatic carbocycles. The molecule has 1 heterocycles. The molecule has 0 amide bonds. The van der Waals surface area contributed by atoms with Crippen molar-refractivity contribution in [3.63, 3.8) is 0 Å². The van der Waals surface area contributed by atoms with Crippen LogP contribution in [0.5, 0.6) is 0 Å². The van der Waals surface area contributed by atoms with Crippen molar-refractivity contribution in [3.8, 4) is 0 Å². The number of benzene rings is 1. The molecule has 0 radical (unpaired) electrons. The minimum atomic E-state index is -0.384. The van der Waals surface area contributed by atoms with Crippen LogP contribution in [0.2, 0.25) is 0 Å². The SMILES string of the molecule is CCN(CC)CCn1c2c(c(SCc3cccc([N+](=O)[O-])c3)nc1=O)CCCC2. The lowest BCUT2D eigenvalue weighted by atomic mass is 9.97. The molecule has 0 unspecified atom stereocenters. The summed E-state index contributed by atoms with van der Waals surface area (Å²) in [5.74, 6) is 0.560. The third kappa shape index (κ3) is 5.25. The third-order valence-electron chi connectivity index (χ3n) is 5.48. The molecule has 0 atom stereocenters. The Balaban J connectivity index is 1.83. The number of aromatic nitrogens is 2. The molecule has 0 saturated heterocycles. The molecule has 156 valence electrons. The van der Waals surface area contributed by atoms with Crippen LogP contribution in [0.3, 0.4) is 0 Å². The number of hydrogen-bond acceptors (Lipinski definition) is 6. The predicted molar refractivity (Wildman–Crippen MR) is 116 cm³/mol. The van der Waals surface area contributed by atoms with Gasteiger partial charge in [-0.15, -0.1) is 11.8 Å². The van der Waals surface area contributed by atoms with E-state index in [9.17, 15) is 14.9 Å². The molecule has 0 bridgehead atoms. The molecule has 3 rings (SSSR count). The van der Waals surface area contributed by atoms with Crippen LogP contribution in [-0.2, 0) is 25.1 Å². The molecule has 0 N–H and O–H groups in total. The molecule has 8 heteroatoms. The first-order valence-corrected chi connectivity index (χ1v) is 11.2. The Morgan fingerprint density at radius 3 is 2.72 bits per heavy atom. The monoisotopic (exact) mass is 416 g/mol. The van der Waals surface area contributed by atoms with Gasteiger partial charge in [0.25, 0.3) is 5.69 Å². The number of likely N-dealkylation sites (N-methyl/N-ethyl adjacent to an activating group) is 1. The zero-order valence-electron chi connectivity index (χ0n) is 17.1. The highest BCUT2D eigenvalue weighted by Crippen LogP contribution is 2.31. The highest BCUT2D eigenvalue weighted by Gasteiger charge is 2.21. The summed E-state index contributed by atoms with van der Waals surface area (Å²) in [7, 11) is 0. The standard InChI is InChI=1S/C21H28N4O3S/c1-3-23(4-2)12-13-24-19-11-6-5-10-18(19)20(22-21(24)26)29-15-16-8-7-9-17(14-16)25(27)28/h7-9,14H,3-6,10-13,15H2,1-2H3. The fraction of sp³-hybridized carbons (Fsp3) is 0.524. The molecule has 1 aliphatic carbocycles. The summed E-state index contributed by atoms with van der Waals surface area (Å²) in [5, 5.41) is 11.8. The van der Waals surface area contributed by atoms with Gasteiger partial charge in [-0.3, -0.25) is 14.7 Å². The van der Waals surface area contributed by atoms with Crippen molar-refractivity contribution in [2.75, 3.05) is 19.6 Å². The van der Waals surface area contributed by atoms with Crippen LogP contribution in [0, 0.1) is 10.1 Å². The van der Waals surface area contributed by atoms with Gasteiger partial charge in [-0.1, -0.05) is 26.0 Å². The average Bonchev–Trinajstić information content (AvgIpc) is 2.74. The summed E-state index contributed by atoms with van der Waals surface area (Å²) in [6.07, 6.45) is 4.05. The zero-order chi connectivity index (χ0) is 20.8. The van der Waals surface area contributed by atoms with Crippen LogP contribution in [0.25, 0.3) is 0 Å². The number of nitro groups is 1. The van der Waals surface area contributed by atoms with E-state index in [-0.39, 0.29) is 16.3 Å². The number of thioether (sulfide) groups is 1. The Morgan fingerprint density at radius 2 is 2.00 bits per heavy atom. The van der Waals surface area contributed by atoms with E-state index >= 15 is 0 Å². The van der Waals surface area contributed by atoms with Gasteiger partial charge >= 0.3 is 5.69 Å². The lowest BCUT2D eigenvalue weighted by molar-refractivity contribution is -0.384. The van der Waals surface area contributed by atoms with Crippen LogP contribution in [0.4, 0.5) is 5.69 Å². The average molecular weight is 417 g/mol. The molecule has 1 aromatic heterocycles. The first-order valence-electron chi connectivity index (χ1n) is 10.2. The topological polar surface area (TPSA) is 81.3 Å².